The molecule has 2 rings (SSSR count). The summed E-state index contributed by atoms with van der Waals surface area (Å²) in [6.45, 7) is 11.9. The fourth-order valence-corrected chi connectivity index (χ4v) is 3.30. The minimum Gasteiger partial charge on any atom is -0.311 e. The minimum absolute atomic E-state index is 0.563. The topological polar surface area (TPSA) is 33.1 Å². The highest BCUT2D eigenvalue weighted by molar-refractivity contribution is 6.30. The highest BCUT2D eigenvalue weighted by Crippen LogP contribution is 2.24. The highest BCUT2D eigenvalue weighted by atomic mass is 35.5. The van der Waals surface area contributed by atoms with E-state index in [0.717, 1.165) is 30.5 Å². The number of rotatable bonds is 4. The monoisotopic (exact) mass is 298 g/mol. The molecule has 114 valence electrons. The molecule has 1 N–H and O–H groups in total. The molecule has 0 bridgehead atoms. The van der Waals surface area contributed by atoms with Gasteiger partial charge in [-0.1, -0.05) is 32.4 Å². The molecule has 0 saturated carbocycles. The fraction of sp³-hybridized carbons (Fsp3) is 0.800. The molecule has 1 aliphatic rings. The van der Waals surface area contributed by atoms with Gasteiger partial charge in [0.25, 0.3) is 0 Å². The van der Waals surface area contributed by atoms with Gasteiger partial charge in [0, 0.05) is 44.3 Å². The van der Waals surface area contributed by atoms with Gasteiger partial charge in [-0.3, -0.25) is 9.58 Å². The summed E-state index contributed by atoms with van der Waals surface area (Å²) >= 11 is 6.39. The molecule has 2 heterocycles. The molecule has 2 atom stereocenters. The number of halogens is 1. The predicted molar refractivity (Wildman–Crippen MR) is 84.1 cm³/mol. The van der Waals surface area contributed by atoms with Gasteiger partial charge in [0.2, 0.25) is 0 Å². The van der Waals surface area contributed by atoms with Gasteiger partial charge < -0.3 is 5.32 Å². The molecule has 5 heteroatoms. The van der Waals surface area contributed by atoms with Crippen LogP contribution in [-0.4, -0.2) is 39.9 Å². The molecule has 1 aromatic rings. The van der Waals surface area contributed by atoms with Crippen LogP contribution in [0.25, 0.3) is 0 Å². The smallest absolute Gasteiger partial charge is 0.131 e. The van der Waals surface area contributed by atoms with Crippen molar-refractivity contribution in [3.63, 3.8) is 0 Å². The Balaban J connectivity index is 2.18. The molecule has 1 fully saturated rings. The fourth-order valence-electron chi connectivity index (χ4n) is 3.07. The number of aryl methyl sites for hydroxylation is 2. The summed E-state index contributed by atoms with van der Waals surface area (Å²) in [7, 11) is 1.91. The van der Waals surface area contributed by atoms with E-state index in [1.165, 1.54) is 12.0 Å². The summed E-state index contributed by atoms with van der Waals surface area (Å²) in [6, 6.07) is 1.15. The maximum atomic E-state index is 6.39. The van der Waals surface area contributed by atoms with Crippen molar-refractivity contribution < 1.29 is 0 Å². The van der Waals surface area contributed by atoms with E-state index >= 15 is 0 Å². The third-order valence-corrected chi connectivity index (χ3v) is 4.91. The summed E-state index contributed by atoms with van der Waals surface area (Å²) in [5.74, 6) is 0.635. The first-order chi connectivity index (χ1) is 9.43. The van der Waals surface area contributed by atoms with E-state index in [2.05, 4.69) is 36.1 Å². The van der Waals surface area contributed by atoms with Gasteiger partial charge in [-0.05, 0) is 19.3 Å². The molecule has 2 unspecified atom stereocenters. The Labute approximate surface area is 127 Å². The van der Waals surface area contributed by atoms with E-state index in [4.69, 9.17) is 11.6 Å². The van der Waals surface area contributed by atoms with Gasteiger partial charge in [0.15, 0.2) is 0 Å². The SMILES string of the molecule is CCC1CN(Cc2c(C)nn(C)c2Cl)C(C(C)C)CN1. The summed E-state index contributed by atoms with van der Waals surface area (Å²) in [6.07, 6.45) is 1.17. The Kier molecular flexibility index (Phi) is 5.10. The second-order valence-corrected chi connectivity index (χ2v) is 6.59. The number of aromatic nitrogens is 2. The average molecular weight is 299 g/mol. The Morgan fingerprint density at radius 2 is 2.15 bits per heavy atom. The van der Waals surface area contributed by atoms with Crippen molar-refractivity contribution in [3.05, 3.63) is 16.4 Å². The zero-order valence-corrected chi connectivity index (χ0v) is 14.0. The largest absolute Gasteiger partial charge is 0.311 e. The van der Waals surface area contributed by atoms with Gasteiger partial charge in [0.1, 0.15) is 5.15 Å². The Morgan fingerprint density at radius 3 is 2.65 bits per heavy atom. The van der Waals surface area contributed by atoms with Gasteiger partial charge >= 0.3 is 0 Å². The summed E-state index contributed by atoms with van der Waals surface area (Å²) in [4.78, 5) is 2.57. The van der Waals surface area contributed by atoms with E-state index < -0.39 is 0 Å². The van der Waals surface area contributed by atoms with Crippen molar-refractivity contribution in [2.24, 2.45) is 13.0 Å². The molecular weight excluding hydrogens is 272 g/mol. The Morgan fingerprint density at radius 1 is 1.45 bits per heavy atom. The summed E-state index contributed by atoms with van der Waals surface area (Å²) in [5.41, 5.74) is 2.23. The van der Waals surface area contributed by atoms with Crippen LogP contribution < -0.4 is 5.32 Å². The van der Waals surface area contributed by atoms with Gasteiger partial charge in [-0.15, -0.1) is 0 Å². The third-order valence-electron chi connectivity index (χ3n) is 4.43. The third kappa shape index (κ3) is 3.18. The molecule has 1 aromatic heterocycles. The van der Waals surface area contributed by atoms with Crippen LogP contribution in [0, 0.1) is 12.8 Å². The van der Waals surface area contributed by atoms with Gasteiger partial charge in [-0.2, -0.15) is 5.10 Å². The van der Waals surface area contributed by atoms with E-state index in [1.54, 1.807) is 4.68 Å². The van der Waals surface area contributed by atoms with Crippen molar-refractivity contribution in [1.29, 1.82) is 0 Å². The first-order valence-electron chi connectivity index (χ1n) is 7.59. The lowest BCUT2D eigenvalue weighted by molar-refractivity contribution is 0.0898. The van der Waals surface area contributed by atoms with Crippen molar-refractivity contribution >= 4 is 11.6 Å². The standard InChI is InChI=1S/C15H27ClN4/c1-6-12-8-20(14(7-17-12)10(2)3)9-13-11(4)18-19(5)15(13)16/h10,12,14,17H,6-9H2,1-5H3. The van der Waals surface area contributed by atoms with Crippen LogP contribution in [0.15, 0.2) is 0 Å². The molecule has 0 spiro atoms. The predicted octanol–water partition coefficient (Wildman–Crippen LogP) is 2.59. The number of piperazine rings is 1. The highest BCUT2D eigenvalue weighted by Gasteiger charge is 2.30. The minimum atomic E-state index is 0.563. The van der Waals surface area contributed by atoms with Crippen LogP contribution in [0.2, 0.25) is 5.15 Å². The quantitative estimate of drug-likeness (QED) is 0.927. The number of hydrogen-bond donors (Lipinski definition) is 1. The van der Waals surface area contributed by atoms with E-state index in [-0.39, 0.29) is 0 Å². The van der Waals surface area contributed by atoms with Crippen LogP contribution in [0.4, 0.5) is 0 Å². The number of hydrogen-bond acceptors (Lipinski definition) is 3. The number of nitrogens with one attached hydrogen (secondary N) is 1. The Bertz CT molecular complexity index is 455. The maximum absolute atomic E-state index is 6.39. The summed E-state index contributed by atoms with van der Waals surface area (Å²) in [5, 5.41) is 8.86. The molecular formula is C15H27ClN4. The zero-order chi connectivity index (χ0) is 14.9. The molecule has 1 aliphatic heterocycles. The molecule has 4 nitrogen and oxygen atoms in total. The Hall–Kier alpha value is -0.580. The van der Waals surface area contributed by atoms with Crippen LogP contribution in [0.5, 0.6) is 0 Å². The summed E-state index contributed by atoms with van der Waals surface area (Å²) < 4.78 is 1.77. The average Bonchev–Trinajstić information content (AvgIpc) is 2.65. The van der Waals surface area contributed by atoms with Crippen LogP contribution in [-0.2, 0) is 13.6 Å². The molecule has 0 aliphatic carbocycles. The van der Waals surface area contributed by atoms with Gasteiger partial charge in [0.05, 0.1) is 5.69 Å². The lowest BCUT2D eigenvalue weighted by atomic mass is 9.97. The molecule has 0 aromatic carbocycles. The van der Waals surface area contributed by atoms with Crippen molar-refractivity contribution in [1.82, 2.24) is 20.0 Å². The lowest BCUT2D eigenvalue weighted by Gasteiger charge is -2.42. The van der Waals surface area contributed by atoms with Gasteiger partial charge in [-0.25, -0.2) is 0 Å². The van der Waals surface area contributed by atoms with Crippen LogP contribution >= 0.6 is 11.6 Å². The van der Waals surface area contributed by atoms with E-state index in [0.29, 0.717) is 18.0 Å². The normalized spacial score (nSPS) is 24.6. The molecule has 1 saturated heterocycles. The first-order valence-corrected chi connectivity index (χ1v) is 7.97. The van der Waals surface area contributed by atoms with Crippen molar-refractivity contribution in [2.75, 3.05) is 13.1 Å². The van der Waals surface area contributed by atoms with E-state index in [1.807, 2.05) is 14.0 Å². The molecule has 20 heavy (non-hydrogen) atoms. The second-order valence-electron chi connectivity index (χ2n) is 6.23. The lowest BCUT2D eigenvalue weighted by Crippen LogP contribution is -2.57. The van der Waals surface area contributed by atoms with Crippen LogP contribution in [0.1, 0.15) is 38.4 Å². The first kappa shape index (κ1) is 15.8. The zero-order valence-electron chi connectivity index (χ0n) is 13.3. The van der Waals surface area contributed by atoms with Crippen molar-refractivity contribution in [2.45, 2.75) is 52.7 Å². The van der Waals surface area contributed by atoms with Crippen LogP contribution in [0.3, 0.4) is 0 Å². The second kappa shape index (κ2) is 6.46. The molecule has 0 amide bonds. The van der Waals surface area contributed by atoms with E-state index in [9.17, 15) is 0 Å². The molecule has 0 radical (unpaired) electrons. The number of nitrogens with zero attached hydrogens (tertiary/aromatic N) is 3. The van der Waals surface area contributed by atoms with Crippen molar-refractivity contribution in [3.8, 4) is 0 Å². The maximum Gasteiger partial charge on any atom is 0.131 e.